The Bertz CT molecular complexity index is 917. The molecule has 0 aliphatic carbocycles. The van der Waals surface area contributed by atoms with Gasteiger partial charge in [0.15, 0.2) is 0 Å². The third kappa shape index (κ3) is 8.71. The SMILES string of the molecule is CCN(CCCCCN1CCC(CNC(=O)c2cc(Cl)c(N)cc2OC)CC1)Cc1ccccc1. The number of anilines is 1. The van der Waals surface area contributed by atoms with Crippen LogP contribution in [0.25, 0.3) is 0 Å². The average Bonchev–Trinajstić information content (AvgIpc) is 2.89. The molecule has 0 bridgehead atoms. The smallest absolute Gasteiger partial charge is 0.255 e. The van der Waals surface area contributed by atoms with Crippen molar-refractivity contribution in [1.82, 2.24) is 15.1 Å². The van der Waals surface area contributed by atoms with Crippen LogP contribution in [0, 0.1) is 5.92 Å². The highest BCUT2D eigenvalue weighted by molar-refractivity contribution is 6.33. The number of hydrogen-bond donors (Lipinski definition) is 2. The van der Waals surface area contributed by atoms with Crippen molar-refractivity contribution in [3.05, 3.63) is 58.6 Å². The lowest BCUT2D eigenvalue weighted by molar-refractivity contribution is 0.0933. The molecule has 1 fully saturated rings. The minimum absolute atomic E-state index is 0.167. The molecule has 3 N–H and O–H groups in total. The van der Waals surface area contributed by atoms with Crippen LogP contribution in [0.4, 0.5) is 5.69 Å². The van der Waals surface area contributed by atoms with E-state index in [2.05, 4.69) is 52.4 Å². The molecule has 0 saturated carbocycles. The molecule has 1 aliphatic heterocycles. The number of methoxy groups -OCH3 is 1. The predicted molar refractivity (Wildman–Crippen MR) is 145 cm³/mol. The van der Waals surface area contributed by atoms with Crippen LogP contribution in [0.5, 0.6) is 5.75 Å². The van der Waals surface area contributed by atoms with Crippen LogP contribution in [0.3, 0.4) is 0 Å². The zero-order chi connectivity index (χ0) is 25.0. The molecule has 0 spiro atoms. The summed E-state index contributed by atoms with van der Waals surface area (Å²) in [6.07, 6.45) is 6.00. The van der Waals surface area contributed by atoms with E-state index in [4.69, 9.17) is 22.1 Å². The lowest BCUT2D eigenvalue weighted by Crippen LogP contribution is -2.39. The van der Waals surface area contributed by atoms with Gasteiger partial charge in [0.2, 0.25) is 0 Å². The van der Waals surface area contributed by atoms with Gasteiger partial charge in [-0.25, -0.2) is 0 Å². The van der Waals surface area contributed by atoms with Crippen molar-refractivity contribution in [2.75, 3.05) is 52.1 Å². The first-order valence-electron chi connectivity index (χ1n) is 12.9. The van der Waals surface area contributed by atoms with E-state index in [1.807, 2.05) is 0 Å². The Morgan fingerprint density at radius 3 is 2.60 bits per heavy atom. The average molecular weight is 501 g/mol. The number of nitrogens with zero attached hydrogens (tertiary/aromatic N) is 2. The number of carbonyl (C=O) groups is 1. The molecule has 192 valence electrons. The number of nitrogens with two attached hydrogens (primary N) is 1. The number of ether oxygens (including phenoxy) is 1. The first-order chi connectivity index (χ1) is 17.0. The maximum Gasteiger partial charge on any atom is 0.255 e. The standard InChI is InChI=1S/C28H41ClN4O2/c1-3-32(21-23-10-6-4-7-11-23)14-8-5-9-15-33-16-12-22(13-17-33)20-31-28(34)24-18-25(29)26(30)19-27(24)35-2/h4,6-7,10-11,18-19,22H,3,5,8-9,12-17,20-21,30H2,1-2H3,(H,31,34). The summed E-state index contributed by atoms with van der Waals surface area (Å²) >= 11 is 6.10. The zero-order valence-corrected chi connectivity index (χ0v) is 22.0. The molecule has 1 aliphatic rings. The number of unbranched alkanes of at least 4 members (excludes halogenated alkanes) is 2. The van der Waals surface area contributed by atoms with Gasteiger partial charge in [0.1, 0.15) is 5.75 Å². The zero-order valence-electron chi connectivity index (χ0n) is 21.3. The van der Waals surface area contributed by atoms with Gasteiger partial charge in [0, 0.05) is 19.2 Å². The monoisotopic (exact) mass is 500 g/mol. The molecule has 3 rings (SSSR count). The molecule has 1 amide bonds. The Kier molecular flexibility index (Phi) is 11.2. The number of rotatable bonds is 13. The summed E-state index contributed by atoms with van der Waals surface area (Å²) in [5, 5.41) is 3.42. The third-order valence-electron chi connectivity index (χ3n) is 6.97. The minimum Gasteiger partial charge on any atom is -0.496 e. The maximum atomic E-state index is 12.7. The van der Waals surface area contributed by atoms with Gasteiger partial charge in [-0.1, -0.05) is 55.3 Å². The number of carbonyl (C=O) groups excluding carboxylic acids is 1. The Hall–Kier alpha value is -2.28. The van der Waals surface area contributed by atoms with E-state index >= 15 is 0 Å². The van der Waals surface area contributed by atoms with Gasteiger partial charge in [0.05, 0.1) is 23.4 Å². The number of benzene rings is 2. The van der Waals surface area contributed by atoms with Gasteiger partial charge in [-0.05, 0) is 76.0 Å². The second-order valence-electron chi connectivity index (χ2n) is 9.48. The number of piperidine rings is 1. The summed E-state index contributed by atoms with van der Waals surface area (Å²) in [5.74, 6) is 0.780. The van der Waals surface area contributed by atoms with Gasteiger partial charge in [-0.15, -0.1) is 0 Å². The molecular formula is C28H41ClN4O2. The van der Waals surface area contributed by atoms with Gasteiger partial charge in [-0.2, -0.15) is 0 Å². The summed E-state index contributed by atoms with van der Waals surface area (Å²) < 4.78 is 5.30. The number of halogens is 1. The van der Waals surface area contributed by atoms with Crippen LogP contribution in [-0.4, -0.2) is 62.1 Å². The minimum atomic E-state index is -0.167. The van der Waals surface area contributed by atoms with E-state index in [1.165, 1.54) is 38.5 Å². The normalized spacial score (nSPS) is 14.9. The van der Waals surface area contributed by atoms with Crippen molar-refractivity contribution < 1.29 is 9.53 Å². The van der Waals surface area contributed by atoms with E-state index < -0.39 is 0 Å². The fourth-order valence-electron chi connectivity index (χ4n) is 4.70. The van der Waals surface area contributed by atoms with E-state index in [-0.39, 0.29) is 5.91 Å². The summed E-state index contributed by atoms with van der Waals surface area (Å²) in [6, 6.07) is 13.9. The molecule has 0 aromatic heterocycles. The Labute approximate surface area is 215 Å². The molecule has 6 nitrogen and oxygen atoms in total. The Morgan fingerprint density at radius 1 is 1.17 bits per heavy atom. The Balaban J connectivity index is 1.29. The van der Waals surface area contributed by atoms with E-state index in [9.17, 15) is 4.79 Å². The predicted octanol–water partition coefficient (Wildman–Crippen LogP) is 5.07. The third-order valence-corrected chi connectivity index (χ3v) is 7.29. The van der Waals surface area contributed by atoms with Crippen molar-refractivity contribution in [2.45, 2.75) is 45.6 Å². The van der Waals surface area contributed by atoms with Gasteiger partial charge in [-0.3, -0.25) is 9.69 Å². The second-order valence-corrected chi connectivity index (χ2v) is 9.89. The largest absolute Gasteiger partial charge is 0.496 e. The number of nitrogens with one attached hydrogen (secondary N) is 1. The van der Waals surface area contributed by atoms with Crippen molar-refractivity contribution in [3.63, 3.8) is 0 Å². The first kappa shape index (κ1) is 27.3. The van der Waals surface area contributed by atoms with Crippen LogP contribution in [0.1, 0.15) is 54.9 Å². The van der Waals surface area contributed by atoms with Gasteiger partial charge < -0.3 is 20.7 Å². The van der Waals surface area contributed by atoms with Gasteiger partial charge >= 0.3 is 0 Å². The summed E-state index contributed by atoms with van der Waals surface area (Å²) in [6.45, 7) is 9.60. The Morgan fingerprint density at radius 2 is 1.91 bits per heavy atom. The molecule has 2 aromatic rings. The molecule has 0 radical (unpaired) electrons. The molecule has 0 unspecified atom stereocenters. The van der Waals surface area contributed by atoms with Crippen LogP contribution >= 0.6 is 11.6 Å². The molecule has 1 heterocycles. The van der Waals surface area contributed by atoms with Crippen molar-refractivity contribution in [1.29, 1.82) is 0 Å². The molecule has 0 atom stereocenters. The van der Waals surface area contributed by atoms with Crippen LogP contribution < -0.4 is 15.8 Å². The van der Waals surface area contributed by atoms with E-state index in [0.29, 0.717) is 34.5 Å². The highest BCUT2D eigenvalue weighted by Gasteiger charge is 2.21. The van der Waals surface area contributed by atoms with Crippen LogP contribution in [-0.2, 0) is 6.54 Å². The second kappa shape index (κ2) is 14.3. The molecule has 35 heavy (non-hydrogen) atoms. The van der Waals surface area contributed by atoms with Crippen molar-refractivity contribution >= 4 is 23.2 Å². The molecular weight excluding hydrogens is 460 g/mol. The van der Waals surface area contributed by atoms with Crippen LogP contribution in [0.2, 0.25) is 5.02 Å². The summed E-state index contributed by atoms with van der Waals surface area (Å²) in [4.78, 5) is 17.8. The molecule has 2 aromatic carbocycles. The fraction of sp³-hybridized carbons (Fsp3) is 0.536. The van der Waals surface area contributed by atoms with E-state index in [1.54, 1.807) is 12.1 Å². The fourth-order valence-corrected chi connectivity index (χ4v) is 4.86. The van der Waals surface area contributed by atoms with E-state index in [0.717, 1.165) is 45.6 Å². The van der Waals surface area contributed by atoms with Crippen LogP contribution in [0.15, 0.2) is 42.5 Å². The number of amides is 1. The summed E-state index contributed by atoms with van der Waals surface area (Å²) in [5.41, 5.74) is 8.04. The molecule has 1 saturated heterocycles. The highest BCUT2D eigenvalue weighted by atomic mass is 35.5. The van der Waals surface area contributed by atoms with Crippen molar-refractivity contribution in [3.8, 4) is 5.75 Å². The number of likely N-dealkylation sites (tertiary alicyclic amines) is 1. The maximum absolute atomic E-state index is 12.7. The lowest BCUT2D eigenvalue weighted by Gasteiger charge is -2.32. The highest BCUT2D eigenvalue weighted by Crippen LogP contribution is 2.29. The molecule has 7 heteroatoms. The number of nitrogen functional groups attached to an aromatic ring is 1. The van der Waals surface area contributed by atoms with Gasteiger partial charge in [0.25, 0.3) is 5.91 Å². The van der Waals surface area contributed by atoms with Crippen molar-refractivity contribution in [2.24, 2.45) is 5.92 Å². The topological polar surface area (TPSA) is 70.8 Å². The lowest BCUT2D eigenvalue weighted by atomic mass is 9.96. The first-order valence-corrected chi connectivity index (χ1v) is 13.3. The quantitative estimate of drug-likeness (QED) is 0.297. The summed E-state index contributed by atoms with van der Waals surface area (Å²) in [7, 11) is 1.53. The number of hydrogen-bond acceptors (Lipinski definition) is 5.